The SMILES string of the molecule is NC(=O)[C@@H]1CCCN1C1CCN(C(=O)c2ccccc2Cl)CC1. The first-order chi connectivity index (χ1) is 11.1. The summed E-state index contributed by atoms with van der Waals surface area (Å²) in [5.41, 5.74) is 6.06. The predicted molar refractivity (Wildman–Crippen MR) is 89.3 cm³/mol. The molecule has 1 atom stereocenters. The Morgan fingerprint density at radius 3 is 2.43 bits per heavy atom. The van der Waals surface area contributed by atoms with Crippen LogP contribution in [0.5, 0.6) is 0 Å². The van der Waals surface area contributed by atoms with Crippen LogP contribution in [0, 0.1) is 0 Å². The second-order valence-electron chi connectivity index (χ2n) is 6.30. The average Bonchev–Trinajstić information content (AvgIpc) is 3.05. The normalized spacial score (nSPS) is 23.2. The number of nitrogens with two attached hydrogens (primary N) is 1. The van der Waals surface area contributed by atoms with Crippen LogP contribution in [-0.4, -0.2) is 53.3 Å². The number of hydrogen-bond acceptors (Lipinski definition) is 3. The van der Waals surface area contributed by atoms with E-state index in [9.17, 15) is 9.59 Å². The van der Waals surface area contributed by atoms with Crippen molar-refractivity contribution in [2.24, 2.45) is 5.73 Å². The van der Waals surface area contributed by atoms with Gasteiger partial charge in [-0.05, 0) is 44.4 Å². The fraction of sp³-hybridized carbons (Fsp3) is 0.529. The van der Waals surface area contributed by atoms with Gasteiger partial charge in [-0.2, -0.15) is 0 Å². The molecule has 2 aliphatic heterocycles. The van der Waals surface area contributed by atoms with Crippen LogP contribution >= 0.6 is 11.6 Å². The summed E-state index contributed by atoms with van der Waals surface area (Å²) in [6.07, 6.45) is 3.63. The Balaban J connectivity index is 1.61. The van der Waals surface area contributed by atoms with Crippen LogP contribution in [0.15, 0.2) is 24.3 Å². The molecular formula is C17H22ClN3O2. The van der Waals surface area contributed by atoms with Crippen LogP contribution in [0.25, 0.3) is 0 Å². The number of likely N-dealkylation sites (tertiary alicyclic amines) is 2. The number of carbonyl (C=O) groups excluding carboxylic acids is 2. The topological polar surface area (TPSA) is 66.6 Å². The van der Waals surface area contributed by atoms with Crippen molar-refractivity contribution < 1.29 is 9.59 Å². The van der Waals surface area contributed by atoms with Gasteiger partial charge in [0.2, 0.25) is 5.91 Å². The first kappa shape index (κ1) is 16.3. The van der Waals surface area contributed by atoms with Gasteiger partial charge in [0.15, 0.2) is 0 Å². The van der Waals surface area contributed by atoms with Crippen LogP contribution in [-0.2, 0) is 4.79 Å². The smallest absolute Gasteiger partial charge is 0.255 e. The fourth-order valence-corrected chi connectivity index (χ4v) is 3.95. The molecule has 2 fully saturated rings. The molecule has 0 bridgehead atoms. The number of benzene rings is 1. The summed E-state index contributed by atoms with van der Waals surface area (Å²) in [4.78, 5) is 28.2. The van der Waals surface area contributed by atoms with Crippen LogP contribution in [0.2, 0.25) is 5.02 Å². The first-order valence-electron chi connectivity index (χ1n) is 8.17. The number of primary amides is 1. The molecule has 0 aliphatic carbocycles. The summed E-state index contributed by atoms with van der Waals surface area (Å²) >= 11 is 6.12. The molecule has 5 nitrogen and oxygen atoms in total. The maximum atomic E-state index is 12.6. The number of nitrogens with zero attached hydrogens (tertiary/aromatic N) is 2. The molecular weight excluding hydrogens is 314 g/mol. The summed E-state index contributed by atoms with van der Waals surface area (Å²) in [6.45, 7) is 2.31. The molecule has 124 valence electrons. The molecule has 2 amide bonds. The quantitative estimate of drug-likeness (QED) is 0.917. The van der Waals surface area contributed by atoms with Gasteiger partial charge in [0.25, 0.3) is 5.91 Å². The largest absolute Gasteiger partial charge is 0.368 e. The molecule has 6 heteroatoms. The zero-order valence-corrected chi connectivity index (χ0v) is 13.8. The second-order valence-corrected chi connectivity index (χ2v) is 6.71. The van der Waals surface area contributed by atoms with E-state index in [1.807, 2.05) is 17.0 Å². The summed E-state index contributed by atoms with van der Waals surface area (Å²) in [7, 11) is 0. The molecule has 0 unspecified atom stereocenters. The summed E-state index contributed by atoms with van der Waals surface area (Å²) < 4.78 is 0. The average molecular weight is 336 g/mol. The van der Waals surface area contributed by atoms with E-state index in [0.717, 1.165) is 32.2 Å². The zero-order valence-electron chi connectivity index (χ0n) is 13.1. The molecule has 2 saturated heterocycles. The summed E-state index contributed by atoms with van der Waals surface area (Å²) in [6, 6.07) is 7.36. The van der Waals surface area contributed by atoms with Crippen LogP contribution in [0.4, 0.5) is 0 Å². The molecule has 0 radical (unpaired) electrons. The molecule has 0 aromatic heterocycles. The van der Waals surface area contributed by atoms with Gasteiger partial charge in [-0.15, -0.1) is 0 Å². The first-order valence-corrected chi connectivity index (χ1v) is 8.54. The van der Waals surface area contributed by atoms with Crippen molar-refractivity contribution in [1.82, 2.24) is 9.80 Å². The minimum absolute atomic E-state index is 0.0121. The Bertz CT molecular complexity index is 599. The van der Waals surface area contributed by atoms with E-state index in [2.05, 4.69) is 4.90 Å². The Hall–Kier alpha value is -1.59. The van der Waals surface area contributed by atoms with Crippen molar-refractivity contribution in [1.29, 1.82) is 0 Å². The lowest BCUT2D eigenvalue weighted by atomic mass is 10.0. The Morgan fingerprint density at radius 1 is 1.09 bits per heavy atom. The van der Waals surface area contributed by atoms with Crippen LogP contribution in [0.1, 0.15) is 36.0 Å². The molecule has 2 heterocycles. The predicted octanol–water partition coefficient (Wildman–Crippen LogP) is 1.89. The van der Waals surface area contributed by atoms with E-state index in [0.29, 0.717) is 29.7 Å². The molecule has 3 rings (SSSR count). The highest BCUT2D eigenvalue weighted by Gasteiger charge is 2.36. The summed E-state index contributed by atoms with van der Waals surface area (Å²) in [5, 5.41) is 0.493. The van der Waals surface area contributed by atoms with Gasteiger partial charge in [-0.1, -0.05) is 23.7 Å². The molecule has 0 saturated carbocycles. The van der Waals surface area contributed by atoms with Gasteiger partial charge < -0.3 is 10.6 Å². The van der Waals surface area contributed by atoms with Gasteiger partial charge in [0.1, 0.15) is 0 Å². The van der Waals surface area contributed by atoms with E-state index in [1.54, 1.807) is 12.1 Å². The number of carbonyl (C=O) groups is 2. The maximum absolute atomic E-state index is 12.6. The molecule has 1 aromatic carbocycles. The van der Waals surface area contributed by atoms with E-state index in [-0.39, 0.29) is 17.9 Å². The molecule has 1 aromatic rings. The number of rotatable bonds is 3. The highest BCUT2D eigenvalue weighted by molar-refractivity contribution is 6.33. The minimum Gasteiger partial charge on any atom is -0.368 e. The molecule has 0 spiro atoms. The minimum atomic E-state index is -0.225. The zero-order chi connectivity index (χ0) is 16.4. The standard InChI is InChI=1S/C17H22ClN3O2/c18-14-5-2-1-4-13(14)17(23)20-10-7-12(8-11-20)21-9-3-6-15(21)16(19)22/h1-2,4-5,12,15H,3,6-11H2,(H2,19,22)/t15-/m0/s1. The van der Waals surface area contributed by atoms with E-state index in [1.165, 1.54) is 0 Å². The summed E-state index contributed by atoms with van der Waals surface area (Å²) in [5.74, 6) is -0.237. The maximum Gasteiger partial charge on any atom is 0.255 e. The molecule has 23 heavy (non-hydrogen) atoms. The van der Waals surface area contributed by atoms with Crippen molar-refractivity contribution in [3.8, 4) is 0 Å². The second kappa shape index (κ2) is 6.89. The lowest BCUT2D eigenvalue weighted by molar-refractivity contribution is -0.123. The number of piperidine rings is 1. The van der Waals surface area contributed by atoms with Gasteiger partial charge >= 0.3 is 0 Å². The lowest BCUT2D eigenvalue weighted by Gasteiger charge is -2.38. The van der Waals surface area contributed by atoms with E-state index >= 15 is 0 Å². The van der Waals surface area contributed by atoms with Crippen LogP contribution < -0.4 is 5.73 Å². The fourth-order valence-electron chi connectivity index (χ4n) is 3.74. The van der Waals surface area contributed by atoms with Gasteiger partial charge in [0, 0.05) is 19.1 Å². The highest BCUT2D eigenvalue weighted by atomic mass is 35.5. The van der Waals surface area contributed by atoms with E-state index in [4.69, 9.17) is 17.3 Å². The monoisotopic (exact) mass is 335 g/mol. The highest BCUT2D eigenvalue weighted by Crippen LogP contribution is 2.27. The Kier molecular flexibility index (Phi) is 4.87. The van der Waals surface area contributed by atoms with Crippen molar-refractivity contribution in [2.75, 3.05) is 19.6 Å². The third-order valence-corrected chi connectivity index (χ3v) is 5.28. The third kappa shape index (κ3) is 3.35. The number of hydrogen-bond donors (Lipinski definition) is 1. The van der Waals surface area contributed by atoms with Crippen molar-refractivity contribution in [3.05, 3.63) is 34.9 Å². The lowest BCUT2D eigenvalue weighted by Crippen LogP contribution is -2.51. The van der Waals surface area contributed by atoms with Crippen molar-refractivity contribution in [2.45, 2.75) is 37.8 Å². The van der Waals surface area contributed by atoms with Gasteiger partial charge in [-0.3, -0.25) is 14.5 Å². The Labute approximate surface area is 141 Å². The Morgan fingerprint density at radius 2 is 1.78 bits per heavy atom. The number of halogens is 1. The molecule has 2 aliphatic rings. The van der Waals surface area contributed by atoms with Gasteiger partial charge in [-0.25, -0.2) is 0 Å². The van der Waals surface area contributed by atoms with Crippen LogP contribution in [0.3, 0.4) is 0 Å². The van der Waals surface area contributed by atoms with Crippen molar-refractivity contribution in [3.63, 3.8) is 0 Å². The number of amides is 2. The van der Waals surface area contributed by atoms with E-state index < -0.39 is 0 Å². The third-order valence-electron chi connectivity index (χ3n) is 4.95. The molecule has 2 N–H and O–H groups in total. The van der Waals surface area contributed by atoms with Crippen molar-refractivity contribution >= 4 is 23.4 Å². The van der Waals surface area contributed by atoms with Gasteiger partial charge in [0.05, 0.1) is 16.6 Å².